The van der Waals surface area contributed by atoms with Crippen LogP contribution in [-0.4, -0.2) is 43.4 Å². The number of piperazine rings is 1. The van der Waals surface area contributed by atoms with Gasteiger partial charge in [-0.3, -0.25) is 9.69 Å². The van der Waals surface area contributed by atoms with Crippen LogP contribution >= 0.6 is 0 Å². The van der Waals surface area contributed by atoms with E-state index in [1.165, 1.54) is 6.54 Å². The van der Waals surface area contributed by atoms with Crippen molar-refractivity contribution >= 4 is 11.5 Å². The van der Waals surface area contributed by atoms with Crippen LogP contribution in [0.25, 0.3) is 0 Å². The van der Waals surface area contributed by atoms with Crippen LogP contribution in [0.5, 0.6) is 0 Å². The SMILES string of the molecule is CC(=O)c1ccccc1N1CCN(CC(C)C)CC1. The summed E-state index contributed by atoms with van der Waals surface area (Å²) >= 11 is 0. The summed E-state index contributed by atoms with van der Waals surface area (Å²) in [6, 6.07) is 7.95. The number of ketones is 1. The van der Waals surface area contributed by atoms with Gasteiger partial charge in [-0.05, 0) is 25.0 Å². The number of anilines is 1. The Hall–Kier alpha value is -1.35. The van der Waals surface area contributed by atoms with Gasteiger partial charge in [0.05, 0.1) is 0 Å². The lowest BCUT2D eigenvalue weighted by atomic mass is 10.1. The molecule has 0 aromatic heterocycles. The van der Waals surface area contributed by atoms with Crippen molar-refractivity contribution in [2.24, 2.45) is 5.92 Å². The number of nitrogens with zero attached hydrogens (tertiary/aromatic N) is 2. The monoisotopic (exact) mass is 260 g/mol. The Morgan fingerprint density at radius 3 is 2.37 bits per heavy atom. The van der Waals surface area contributed by atoms with Crippen molar-refractivity contribution in [3.05, 3.63) is 29.8 Å². The Balaban J connectivity index is 2.04. The highest BCUT2D eigenvalue weighted by atomic mass is 16.1. The number of carbonyl (C=O) groups excluding carboxylic acids is 1. The maximum absolute atomic E-state index is 11.7. The summed E-state index contributed by atoms with van der Waals surface area (Å²) in [5.74, 6) is 0.872. The first kappa shape index (κ1) is 14.1. The van der Waals surface area contributed by atoms with Crippen LogP contribution in [0.3, 0.4) is 0 Å². The van der Waals surface area contributed by atoms with Crippen LogP contribution < -0.4 is 4.90 Å². The van der Waals surface area contributed by atoms with E-state index in [1.807, 2.05) is 18.2 Å². The number of hydrogen-bond acceptors (Lipinski definition) is 3. The minimum absolute atomic E-state index is 0.153. The van der Waals surface area contributed by atoms with E-state index in [2.05, 4.69) is 29.7 Å². The summed E-state index contributed by atoms with van der Waals surface area (Å²) in [5, 5.41) is 0. The van der Waals surface area contributed by atoms with Crippen molar-refractivity contribution < 1.29 is 4.79 Å². The highest BCUT2D eigenvalue weighted by Gasteiger charge is 2.20. The second kappa shape index (κ2) is 6.20. The number of Topliss-reactive ketones (excluding diaryl/α,β-unsaturated/α-hetero) is 1. The average molecular weight is 260 g/mol. The quantitative estimate of drug-likeness (QED) is 0.778. The molecule has 1 aromatic carbocycles. The molecule has 0 radical (unpaired) electrons. The van der Waals surface area contributed by atoms with E-state index in [9.17, 15) is 4.79 Å². The zero-order chi connectivity index (χ0) is 13.8. The van der Waals surface area contributed by atoms with Crippen LogP contribution in [0.1, 0.15) is 31.1 Å². The van der Waals surface area contributed by atoms with Gasteiger partial charge >= 0.3 is 0 Å². The lowest BCUT2D eigenvalue weighted by molar-refractivity contribution is 0.101. The molecule has 0 spiro atoms. The standard InChI is InChI=1S/C16H24N2O/c1-13(2)12-17-8-10-18(11-9-17)16-7-5-4-6-15(16)14(3)19/h4-7,13H,8-12H2,1-3H3. The first-order chi connectivity index (χ1) is 9.08. The van der Waals surface area contributed by atoms with E-state index >= 15 is 0 Å². The fourth-order valence-electron chi connectivity index (χ4n) is 2.73. The maximum atomic E-state index is 11.7. The average Bonchev–Trinajstić information content (AvgIpc) is 2.39. The molecule has 0 unspecified atom stereocenters. The normalized spacial score (nSPS) is 16.9. The summed E-state index contributed by atoms with van der Waals surface area (Å²) < 4.78 is 0. The molecule has 3 heteroatoms. The third kappa shape index (κ3) is 3.57. The molecule has 1 heterocycles. The van der Waals surface area contributed by atoms with Gasteiger partial charge in [-0.25, -0.2) is 0 Å². The molecule has 1 aliphatic heterocycles. The largest absolute Gasteiger partial charge is 0.368 e. The van der Waals surface area contributed by atoms with Gasteiger partial charge in [0, 0.05) is 44.0 Å². The molecule has 104 valence electrons. The van der Waals surface area contributed by atoms with Gasteiger partial charge in [-0.2, -0.15) is 0 Å². The van der Waals surface area contributed by atoms with Crippen LogP contribution in [-0.2, 0) is 0 Å². The van der Waals surface area contributed by atoms with E-state index in [4.69, 9.17) is 0 Å². The topological polar surface area (TPSA) is 23.6 Å². The minimum atomic E-state index is 0.153. The number of para-hydroxylation sites is 1. The number of hydrogen-bond donors (Lipinski definition) is 0. The van der Waals surface area contributed by atoms with Crippen LogP contribution in [0.2, 0.25) is 0 Å². The highest BCUT2D eigenvalue weighted by Crippen LogP contribution is 2.22. The number of carbonyl (C=O) groups is 1. The minimum Gasteiger partial charge on any atom is -0.368 e. The Bertz CT molecular complexity index is 434. The number of rotatable bonds is 4. The van der Waals surface area contributed by atoms with E-state index in [0.29, 0.717) is 0 Å². The molecule has 1 aromatic rings. The molecule has 0 N–H and O–H groups in total. The van der Waals surface area contributed by atoms with Crippen molar-refractivity contribution in [1.82, 2.24) is 4.90 Å². The second-order valence-electron chi connectivity index (χ2n) is 5.75. The Kier molecular flexibility index (Phi) is 4.59. The van der Waals surface area contributed by atoms with Gasteiger partial charge in [0.25, 0.3) is 0 Å². The molecule has 1 fully saturated rings. The van der Waals surface area contributed by atoms with Crippen LogP contribution in [0.15, 0.2) is 24.3 Å². The second-order valence-corrected chi connectivity index (χ2v) is 5.75. The zero-order valence-corrected chi connectivity index (χ0v) is 12.2. The van der Waals surface area contributed by atoms with E-state index < -0.39 is 0 Å². The number of benzene rings is 1. The van der Waals surface area contributed by atoms with Crippen molar-refractivity contribution in [3.63, 3.8) is 0 Å². The molecule has 0 saturated carbocycles. The predicted octanol–water partition coefficient (Wildman–Crippen LogP) is 2.67. The third-order valence-electron chi connectivity index (χ3n) is 3.62. The summed E-state index contributed by atoms with van der Waals surface area (Å²) in [6.07, 6.45) is 0. The maximum Gasteiger partial charge on any atom is 0.161 e. The fraction of sp³-hybridized carbons (Fsp3) is 0.562. The molecule has 19 heavy (non-hydrogen) atoms. The van der Waals surface area contributed by atoms with Crippen molar-refractivity contribution in [2.45, 2.75) is 20.8 Å². The van der Waals surface area contributed by atoms with E-state index in [-0.39, 0.29) is 5.78 Å². The first-order valence-electron chi connectivity index (χ1n) is 7.15. The van der Waals surface area contributed by atoms with Gasteiger partial charge in [0.1, 0.15) is 0 Å². The lowest BCUT2D eigenvalue weighted by Gasteiger charge is -2.37. The summed E-state index contributed by atoms with van der Waals surface area (Å²) in [7, 11) is 0. The van der Waals surface area contributed by atoms with Crippen LogP contribution in [0.4, 0.5) is 5.69 Å². The molecular formula is C16H24N2O. The zero-order valence-electron chi connectivity index (χ0n) is 12.2. The van der Waals surface area contributed by atoms with Crippen molar-refractivity contribution in [3.8, 4) is 0 Å². The molecule has 0 bridgehead atoms. The first-order valence-corrected chi connectivity index (χ1v) is 7.15. The van der Waals surface area contributed by atoms with Gasteiger partial charge in [-0.1, -0.05) is 26.0 Å². The lowest BCUT2D eigenvalue weighted by Crippen LogP contribution is -2.47. The van der Waals surface area contributed by atoms with Gasteiger partial charge in [-0.15, -0.1) is 0 Å². The Morgan fingerprint density at radius 2 is 1.79 bits per heavy atom. The molecule has 3 nitrogen and oxygen atoms in total. The molecule has 2 rings (SSSR count). The third-order valence-corrected chi connectivity index (χ3v) is 3.62. The molecule has 0 aliphatic carbocycles. The van der Waals surface area contributed by atoms with E-state index in [0.717, 1.165) is 43.3 Å². The summed E-state index contributed by atoms with van der Waals surface area (Å²) in [4.78, 5) is 16.5. The molecular weight excluding hydrogens is 236 g/mol. The Labute approximate surface area is 116 Å². The molecule has 1 saturated heterocycles. The highest BCUT2D eigenvalue weighted by molar-refractivity contribution is 5.99. The molecule has 0 amide bonds. The fourth-order valence-corrected chi connectivity index (χ4v) is 2.73. The summed E-state index contributed by atoms with van der Waals surface area (Å²) in [5.41, 5.74) is 1.94. The molecule has 0 atom stereocenters. The predicted molar refractivity (Wildman–Crippen MR) is 79.9 cm³/mol. The van der Waals surface area contributed by atoms with Gasteiger partial charge < -0.3 is 4.90 Å². The van der Waals surface area contributed by atoms with E-state index in [1.54, 1.807) is 6.92 Å². The van der Waals surface area contributed by atoms with Crippen molar-refractivity contribution in [2.75, 3.05) is 37.6 Å². The Morgan fingerprint density at radius 1 is 1.16 bits per heavy atom. The summed E-state index contributed by atoms with van der Waals surface area (Å²) in [6.45, 7) is 11.5. The van der Waals surface area contributed by atoms with Crippen LogP contribution in [0, 0.1) is 5.92 Å². The smallest absolute Gasteiger partial charge is 0.161 e. The van der Waals surface area contributed by atoms with Gasteiger partial charge in [0.2, 0.25) is 0 Å². The van der Waals surface area contributed by atoms with Gasteiger partial charge in [0.15, 0.2) is 5.78 Å². The molecule has 1 aliphatic rings. The van der Waals surface area contributed by atoms with Crippen molar-refractivity contribution in [1.29, 1.82) is 0 Å².